The fourth-order valence-corrected chi connectivity index (χ4v) is 1.72. The Morgan fingerprint density at radius 2 is 2.27 bits per heavy atom. The first-order valence-electron chi connectivity index (χ1n) is 4.88. The summed E-state index contributed by atoms with van der Waals surface area (Å²) in [6.07, 6.45) is 1.68. The van der Waals surface area contributed by atoms with E-state index in [2.05, 4.69) is 5.32 Å². The third kappa shape index (κ3) is 4.53. The van der Waals surface area contributed by atoms with Crippen LogP contribution in [0.3, 0.4) is 0 Å². The van der Waals surface area contributed by atoms with E-state index in [0.717, 1.165) is 5.56 Å². The monoisotopic (exact) mass is 229 g/mol. The minimum atomic E-state index is -0.779. The van der Waals surface area contributed by atoms with Gasteiger partial charge in [-0.25, -0.2) is 4.39 Å². The minimum absolute atomic E-state index is 0.0873. The molecule has 2 nitrogen and oxygen atoms in total. The molecule has 0 aliphatic heterocycles. The van der Waals surface area contributed by atoms with Crippen LogP contribution in [0, 0.1) is 5.82 Å². The zero-order chi connectivity index (χ0) is 11.3. The molecule has 84 valence electrons. The Balaban J connectivity index is 2.46. The lowest BCUT2D eigenvalue weighted by Gasteiger charge is -2.13. The van der Waals surface area contributed by atoms with Gasteiger partial charge in [-0.2, -0.15) is 0 Å². The van der Waals surface area contributed by atoms with Crippen molar-refractivity contribution in [3.63, 3.8) is 0 Å². The summed E-state index contributed by atoms with van der Waals surface area (Å²) in [5.74, 6) is 0.403. The molecule has 4 heteroatoms. The molecule has 2 atom stereocenters. The maximum atomic E-state index is 12.9. The highest BCUT2D eigenvalue weighted by atomic mass is 32.2. The van der Waals surface area contributed by atoms with Gasteiger partial charge in [0.05, 0.1) is 0 Å². The van der Waals surface area contributed by atoms with Crippen LogP contribution in [0.15, 0.2) is 24.3 Å². The Labute approximate surface area is 92.3 Å². The van der Waals surface area contributed by atoms with Crippen LogP contribution in [0.2, 0.25) is 0 Å². The van der Waals surface area contributed by atoms with Gasteiger partial charge < -0.3 is 5.32 Å². The Morgan fingerprint density at radius 1 is 1.53 bits per heavy atom. The standard InChI is InChI=1S/C11H16FNOS/c1-9(13-6-7-15(2)14)10-4-3-5-11(12)8-10/h3-5,8-9,13H,6-7H2,1-2H3. The average molecular weight is 229 g/mol. The van der Waals surface area contributed by atoms with Gasteiger partial charge in [0.25, 0.3) is 0 Å². The van der Waals surface area contributed by atoms with Gasteiger partial charge in [-0.3, -0.25) is 4.21 Å². The third-order valence-corrected chi connectivity index (χ3v) is 2.97. The summed E-state index contributed by atoms with van der Waals surface area (Å²) in [6, 6.07) is 6.60. The predicted octanol–water partition coefficient (Wildman–Crippen LogP) is 1.85. The van der Waals surface area contributed by atoms with E-state index in [0.29, 0.717) is 12.3 Å². The van der Waals surface area contributed by atoms with E-state index in [1.807, 2.05) is 13.0 Å². The minimum Gasteiger partial charge on any atom is -0.309 e. The zero-order valence-electron chi connectivity index (χ0n) is 9.00. The van der Waals surface area contributed by atoms with Crippen LogP contribution < -0.4 is 5.32 Å². The summed E-state index contributed by atoms with van der Waals surface area (Å²) in [6.45, 7) is 2.65. The predicted molar refractivity (Wildman–Crippen MR) is 61.8 cm³/mol. The molecule has 0 radical (unpaired) electrons. The molecule has 0 spiro atoms. The quantitative estimate of drug-likeness (QED) is 0.835. The maximum absolute atomic E-state index is 12.9. The fraction of sp³-hybridized carbons (Fsp3) is 0.455. The highest BCUT2D eigenvalue weighted by molar-refractivity contribution is 7.84. The van der Waals surface area contributed by atoms with Crippen molar-refractivity contribution in [2.75, 3.05) is 18.6 Å². The highest BCUT2D eigenvalue weighted by Crippen LogP contribution is 2.12. The van der Waals surface area contributed by atoms with E-state index < -0.39 is 10.8 Å². The normalized spacial score (nSPS) is 14.9. The summed E-state index contributed by atoms with van der Waals surface area (Å²) in [5.41, 5.74) is 0.914. The van der Waals surface area contributed by atoms with Gasteiger partial charge in [0.1, 0.15) is 5.82 Å². The average Bonchev–Trinajstić information content (AvgIpc) is 2.17. The Kier molecular flexibility index (Phi) is 4.91. The lowest BCUT2D eigenvalue weighted by atomic mass is 10.1. The largest absolute Gasteiger partial charge is 0.309 e. The molecule has 1 aromatic rings. The van der Waals surface area contributed by atoms with Crippen molar-refractivity contribution in [1.29, 1.82) is 0 Å². The molecule has 0 saturated carbocycles. The Morgan fingerprint density at radius 3 is 2.87 bits per heavy atom. The number of halogens is 1. The summed E-state index contributed by atoms with van der Waals surface area (Å²) >= 11 is 0. The van der Waals surface area contributed by atoms with Gasteiger partial charge in [-0.1, -0.05) is 12.1 Å². The van der Waals surface area contributed by atoms with Crippen LogP contribution in [-0.2, 0) is 10.8 Å². The van der Waals surface area contributed by atoms with E-state index in [4.69, 9.17) is 0 Å². The molecule has 1 N–H and O–H groups in total. The number of benzene rings is 1. The van der Waals surface area contributed by atoms with Gasteiger partial charge in [0, 0.05) is 35.4 Å². The second-order valence-corrected chi connectivity index (χ2v) is 5.06. The summed E-state index contributed by atoms with van der Waals surface area (Å²) in [7, 11) is -0.779. The van der Waals surface area contributed by atoms with E-state index >= 15 is 0 Å². The van der Waals surface area contributed by atoms with E-state index in [1.54, 1.807) is 12.3 Å². The van der Waals surface area contributed by atoms with Crippen molar-refractivity contribution in [1.82, 2.24) is 5.32 Å². The van der Waals surface area contributed by atoms with Crippen LogP contribution in [-0.4, -0.2) is 22.8 Å². The van der Waals surface area contributed by atoms with Gasteiger partial charge in [0.2, 0.25) is 0 Å². The van der Waals surface area contributed by atoms with Crippen LogP contribution in [0.25, 0.3) is 0 Å². The van der Waals surface area contributed by atoms with Crippen LogP contribution >= 0.6 is 0 Å². The van der Waals surface area contributed by atoms with Gasteiger partial charge in [-0.15, -0.1) is 0 Å². The lowest BCUT2D eigenvalue weighted by Crippen LogP contribution is -2.23. The van der Waals surface area contributed by atoms with Crippen molar-refractivity contribution in [2.45, 2.75) is 13.0 Å². The fourth-order valence-electron chi connectivity index (χ4n) is 1.31. The topological polar surface area (TPSA) is 29.1 Å². The lowest BCUT2D eigenvalue weighted by molar-refractivity contribution is 0.582. The maximum Gasteiger partial charge on any atom is 0.123 e. The second kappa shape index (κ2) is 5.98. The third-order valence-electron chi connectivity index (χ3n) is 2.19. The van der Waals surface area contributed by atoms with E-state index in [9.17, 15) is 8.60 Å². The zero-order valence-corrected chi connectivity index (χ0v) is 9.81. The number of hydrogen-bond acceptors (Lipinski definition) is 2. The van der Waals surface area contributed by atoms with Gasteiger partial charge in [-0.05, 0) is 24.6 Å². The molecule has 2 unspecified atom stereocenters. The molecule has 0 amide bonds. The first-order valence-corrected chi connectivity index (χ1v) is 6.61. The first kappa shape index (κ1) is 12.3. The second-order valence-electron chi connectivity index (χ2n) is 3.51. The van der Waals surface area contributed by atoms with E-state index in [-0.39, 0.29) is 11.9 Å². The smallest absolute Gasteiger partial charge is 0.123 e. The van der Waals surface area contributed by atoms with Crippen LogP contribution in [0.1, 0.15) is 18.5 Å². The molecule has 0 aliphatic carbocycles. The molecule has 1 aromatic carbocycles. The highest BCUT2D eigenvalue weighted by Gasteiger charge is 2.05. The molecule has 0 fully saturated rings. The van der Waals surface area contributed by atoms with Crippen molar-refractivity contribution in [3.8, 4) is 0 Å². The summed E-state index contributed by atoms with van der Waals surface area (Å²) in [5, 5.41) is 3.20. The van der Waals surface area contributed by atoms with E-state index in [1.165, 1.54) is 12.1 Å². The van der Waals surface area contributed by atoms with Crippen LogP contribution in [0.5, 0.6) is 0 Å². The van der Waals surface area contributed by atoms with Crippen LogP contribution in [0.4, 0.5) is 4.39 Å². The molecule has 1 rings (SSSR count). The molecular weight excluding hydrogens is 213 g/mol. The molecule has 0 aromatic heterocycles. The molecule has 0 aliphatic rings. The van der Waals surface area contributed by atoms with Crippen molar-refractivity contribution in [2.24, 2.45) is 0 Å². The molecular formula is C11H16FNOS. The molecule has 0 heterocycles. The summed E-state index contributed by atoms with van der Waals surface area (Å²) in [4.78, 5) is 0. The summed E-state index contributed by atoms with van der Waals surface area (Å²) < 4.78 is 23.7. The van der Waals surface area contributed by atoms with Crippen molar-refractivity contribution in [3.05, 3.63) is 35.6 Å². The SMILES string of the molecule is CC(NCCS(C)=O)c1cccc(F)c1. The Hall–Kier alpha value is -0.740. The molecule has 0 bridgehead atoms. The van der Waals surface area contributed by atoms with Gasteiger partial charge >= 0.3 is 0 Å². The van der Waals surface area contributed by atoms with Crippen molar-refractivity contribution >= 4 is 10.8 Å². The van der Waals surface area contributed by atoms with Gasteiger partial charge in [0.15, 0.2) is 0 Å². The number of nitrogens with one attached hydrogen (secondary N) is 1. The molecule has 0 saturated heterocycles. The number of rotatable bonds is 5. The Bertz CT molecular complexity index is 343. The first-order chi connectivity index (χ1) is 7.09. The van der Waals surface area contributed by atoms with Crippen molar-refractivity contribution < 1.29 is 8.60 Å². The number of hydrogen-bond donors (Lipinski definition) is 1. The molecule has 15 heavy (non-hydrogen) atoms.